The summed E-state index contributed by atoms with van der Waals surface area (Å²) in [4.78, 5) is 10.2. The monoisotopic (exact) mass is 142 g/mol. The van der Waals surface area contributed by atoms with Gasteiger partial charge in [0, 0.05) is 0 Å². The van der Waals surface area contributed by atoms with Crippen LogP contribution in [0.1, 0.15) is 33.1 Å². The van der Waals surface area contributed by atoms with Gasteiger partial charge in [-0.05, 0) is 12.8 Å². The summed E-state index contributed by atoms with van der Waals surface area (Å²) in [7, 11) is 0. The molecule has 0 atom stereocenters. The zero-order valence-electron chi connectivity index (χ0n) is 6.55. The van der Waals surface area contributed by atoms with E-state index in [1.807, 2.05) is 19.9 Å². The molecule has 10 heavy (non-hydrogen) atoms. The van der Waals surface area contributed by atoms with Crippen molar-refractivity contribution in [2.24, 2.45) is 0 Å². The van der Waals surface area contributed by atoms with E-state index < -0.39 is 5.97 Å². The first-order valence-corrected chi connectivity index (χ1v) is 3.60. The minimum Gasteiger partial charge on any atom is -0.481 e. The topological polar surface area (TPSA) is 37.3 Å². The van der Waals surface area contributed by atoms with E-state index in [0.717, 1.165) is 18.4 Å². The number of carbonyl (C=O) groups is 1. The molecule has 1 N–H and O–H groups in total. The molecule has 0 aliphatic rings. The van der Waals surface area contributed by atoms with Crippen molar-refractivity contribution in [1.82, 2.24) is 0 Å². The van der Waals surface area contributed by atoms with Crippen LogP contribution in [0.2, 0.25) is 0 Å². The Morgan fingerprint density at radius 3 is 2.40 bits per heavy atom. The molecule has 0 spiro atoms. The van der Waals surface area contributed by atoms with Crippen LogP contribution in [0.5, 0.6) is 0 Å². The molecule has 0 aliphatic heterocycles. The van der Waals surface area contributed by atoms with E-state index in [2.05, 4.69) is 0 Å². The molecule has 0 aliphatic carbocycles. The lowest BCUT2D eigenvalue weighted by Crippen LogP contribution is -1.96. The fourth-order valence-electron chi connectivity index (χ4n) is 0.824. The summed E-state index contributed by atoms with van der Waals surface area (Å²) < 4.78 is 0. The summed E-state index contributed by atoms with van der Waals surface area (Å²) in [6.45, 7) is 3.99. The number of allylic oxidation sites excluding steroid dienone is 1. The summed E-state index contributed by atoms with van der Waals surface area (Å²) in [6, 6.07) is 0. The maximum atomic E-state index is 10.2. The lowest BCUT2D eigenvalue weighted by Gasteiger charge is -1.97. The highest BCUT2D eigenvalue weighted by molar-refractivity contribution is 5.69. The van der Waals surface area contributed by atoms with E-state index in [0.29, 0.717) is 0 Å². The van der Waals surface area contributed by atoms with E-state index in [4.69, 9.17) is 5.11 Å². The van der Waals surface area contributed by atoms with Crippen LogP contribution in [0.4, 0.5) is 0 Å². The van der Waals surface area contributed by atoms with Crippen molar-refractivity contribution in [3.05, 3.63) is 11.6 Å². The Balaban J connectivity index is 3.83. The van der Waals surface area contributed by atoms with Crippen molar-refractivity contribution < 1.29 is 9.90 Å². The van der Waals surface area contributed by atoms with Gasteiger partial charge in [0.05, 0.1) is 6.42 Å². The van der Waals surface area contributed by atoms with Crippen LogP contribution < -0.4 is 0 Å². The van der Waals surface area contributed by atoms with Crippen LogP contribution in [0.25, 0.3) is 0 Å². The maximum Gasteiger partial charge on any atom is 0.307 e. The highest BCUT2D eigenvalue weighted by atomic mass is 16.4. The van der Waals surface area contributed by atoms with Crippen molar-refractivity contribution in [3.63, 3.8) is 0 Å². The number of rotatable bonds is 4. The second-order valence-corrected chi connectivity index (χ2v) is 2.19. The van der Waals surface area contributed by atoms with E-state index in [9.17, 15) is 4.79 Å². The fourth-order valence-corrected chi connectivity index (χ4v) is 0.824. The third-order valence-electron chi connectivity index (χ3n) is 1.33. The molecular formula is C8H14O2. The molecule has 2 heteroatoms. The van der Waals surface area contributed by atoms with Crippen LogP contribution >= 0.6 is 0 Å². The van der Waals surface area contributed by atoms with Gasteiger partial charge in [-0.2, -0.15) is 0 Å². The van der Waals surface area contributed by atoms with Crippen LogP contribution in [0, 0.1) is 0 Å². The number of carboxylic acid groups (broad SMARTS) is 1. The van der Waals surface area contributed by atoms with Crippen molar-refractivity contribution in [2.75, 3.05) is 0 Å². The Bertz CT molecular complexity index is 136. The maximum absolute atomic E-state index is 10.2. The smallest absolute Gasteiger partial charge is 0.307 e. The van der Waals surface area contributed by atoms with Crippen LogP contribution in [0.15, 0.2) is 11.6 Å². The molecule has 0 fully saturated rings. The van der Waals surface area contributed by atoms with E-state index >= 15 is 0 Å². The van der Waals surface area contributed by atoms with Gasteiger partial charge in [0.1, 0.15) is 0 Å². The third-order valence-corrected chi connectivity index (χ3v) is 1.33. The van der Waals surface area contributed by atoms with Gasteiger partial charge in [0.25, 0.3) is 0 Å². The van der Waals surface area contributed by atoms with Crippen molar-refractivity contribution in [1.29, 1.82) is 0 Å². The second-order valence-electron chi connectivity index (χ2n) is 2.19. The summed E-state index contributed by atoms with van der Waals surface area (Å²) >= 11 is 0. The predicted octanol–water partition coefficient (Wildman–Crippen LogP) is 2.21. The van der Waals surface area contributed by atoms with Crippen molar-refractivity contribution in [3.8, 4) is 0 Å². The second kappa shape index (κ2) is 5.03. The van der Waals surface area contributed by atoms with Gasteiger partial charge < -0.3 is 5.11 Å². The molecule has 2 nitrogen and oxygen atoms in total. The zero-order valence-corrected chi connectivity index (χ0v) is 6.55. The van der Waals surface area contributed by atoms with E-state index in [1.165, 1.54) is 0 Å². The molecule has 0 amide bonds. The molecule has 58 valence electrons. The highest BCUT2D eigenvalue weighted by Gasteiger charge is 1.99. The van der Waals surface area contributed by atoms with Crippen LogP contribution in [-0.2, 0) is 4.79 Å². The first kappa shape index (κ1) is 9.21. The van der Waals surface area contributed by atoms with Gasteiger partial charge in [-0.3, -0.25) is 4.79 Å². The Hall–Kier alpha value is -0.790. The van der Waals surface area contributed by atoms with Gasteiger partial charge in [-0.1, -0.05) is 25.5 Å². The lowest BCUT2D eigenvalue weighted by molar-refractivity contribution is -0.136. The molecule has 0 aromatic heterocycles. The quantitative estimate of drug-likeness (QED) is 0.611. The molecule has 0 aromatic carbocycles. The SMILES string of the molecule is CCC=C(CC)CC(=O)O. The molecule has 0 radical (unpaired) electrons. The Labute approximate surface area is 61.6 Å². The summed E-state index contributed by atoms with van der Waals surface area (Å²) in [5.41, 5.74) is 1.02. The third kappa shape index (κ3) is 4.13. The normalized spacial score (nSPS) is 11.6. The lowest BCUT2D eigenvalue weighted by atomic mass is 10.1. The Morgan fingerprint density at radius 1 is 1.50 bits per heavy atom. The molecular weight excluding hydrogens is 128 g/mol. The molecule has 0 rings (SSSR count). The molecule has 0 saturated heterocycles. The summed E-state index contributed by atoms with van der Waals surface area (Å²) in [5.74, 6) is -0.735. The first-order valence-electron chi connectivity index (χ1n) is 3.60. The average Bonchev–Trinajstić information content (AvgIpc) is 1.86. The minimum absolute atomic E-state index is 0.199. The van der Waals surface area contributed by atoms with Crippen molar-refractivity contribution >= 4 is 5.97 Å². The van der Waals surface area contributed by atoms with E-state index in [-0.39, 0.29) is 6.42 Å². The van der Waals surface area contributed by atoms with Gasteiger partial charge in [-0.25, -0.2) is 0 Å². The van der Waals surface area contributed by atoms with Crippen LogP contribution in [-0.4, -0.2) is 11.1 Å². The Kier molecular flexibility index (Phi) is 4.63. The van der Waals surface area contributed by atoms with Crippen molar-refractivity contribution in [2.45, 2.75) is 33.1 Å². The van der Waals surface area contributed by atoms with Crippen LogP contribution in [0.3, 0.4) is 0 Å². The molecule has 0 heterocycles. The molecule has 0 unspecified atom stereocenters. The van der Waals surface area contributed by atoms with Gasteiger partial charge in [0.2, 0.25) is 0 Å². The van der Waals surface area contributed by atoms with E-state index in [1.54, 1.807) is 0 Å². The number of hydrogen-bond donors (Lipinski definition) is 1. The summed E-state index contributed by atoms with van der Waals surface area (Å²) in [6.07, 6.45) is 3.95. The number of aliphatic carboxylic acids is 1. The first-order chi connectivity index (χ1) is 4.70. The van der Waals surface area contributed by atoms with Gasteiger partial charge in [0.15, 0.2) is 0 Å². The van der Waals surface area contributed by atoms with Gasteiger partial charge in [-0.15, -0.1) is 0 Å². The molecule has 0 saturated carbocycles. The summed E-state index contributed by atoms with van der Waals surface area (Å²) in [5, 5.41) is 8.40. The fraction of sp³-hybridized carbons (Fsp3) is 0.625. The Morgan fingerprint density at radius 2 is 2.10 bits per heavy atom. The average molecular weight is 142 g/mol. The highest BCUT2D eigenvalue weighted by Crippen LogP contribution is 2.06. The standard InChI is InChI=1S/C8H14O2/c1-3-5-7(4-2)6-8(9)10/h5H,3-4,6H2,1-2H3,(H,9,10). The zero-order chi connectivity index (χ0) is 7.98. The largest absolute Gasteiger partial charge is 0.481 e. The number of hydrogen-bond acceptors (Lipinski definition) is 1. The number of carboxylic acids is 1. The molecule has 0 aromatic rings. The molecule has 0 bridgehead atoms. The van der Waals surface area contributed by atoms with Gasteiger partial charge >= 0.3 is 5.97 Å². The minimum atomic E-state index is -0.735. The predicted molar refractivity (Wildman–Crippen MR) is 40.9 cm³/mol.